The van der Waals surface area contributed by atoms with Crippen LogP contribution in [-0.4, -0.2) is 20.8 Å². The lowest BCUT2D eigenvalue weighted by Gasteiger charge is -2.10. The molecule has 0 aliphatic carbocycles. The summed E-state index contributed by atoms with van der Waals surface area (Å²) in [7, 11) is 0. The zero-order chi connectivity index (χ0) is 20.9. The lowest BCUT2D eigenvalue weighted by atomic mass is 10.3. The van der Waals surface area contributed by atoms with E-state index in [9.17, 15) is 13.6 Å². The van der Waals surface area contributed by atoms with Gasteiger partial charge in [-0.3, -0.25) is 0 Å². The number of benzene rings is 2. The highest BCUT2D eigenvalue weighted by molar-refractivity contribution is 5.99. The van der Waals surface area contributed by atoms with Gasteiger partial charge in [-0.1, -0.05) is 6.07 Å². The van der Waals surface area contributed by atoms with Gasteiger partial charge in [-0.2, -0.15) is 0 Å². The Hall–Kier alpha value is -4.27. The zero-order valence-corrected chi connectivity index (χ0v) is 15.4. The zero-order valence-electron chi connectivity index (χ0n) is 15.4. The number of amides is 2. The van der Waals surface area contributed by atoms with Crippen molar-refractivity contribution in [1.29, 1.82) is 0 Å². The molecule has 0 unspecified atom stereocenters. The van der Waals surface area contributed by atoms with E-state index in [-0.39, 0.29) is 0 Å². The molecule has 150 valence electrons. The number of rotatable bonds is 5. The minimum Gasteiger partial charge on any atom is -0.438 e. The summed E-state index contributed by atoms with van der Waals surface area (Å²) in [5, 5.41) is 12.7. The first-order valence-corrected chi connectivity index (χ1v) is 8.85. The molecule has 2 N–H and O–H groups in total. The maximum atomic E-state index is 13.6. The summed E-state index contributed by atoms with van der Waals surface area (Å²) in [5.41, 5.74) is -0.109. The van der Waals surface area contributed by atoms with Crippen LogP contribution in [0.3, 0.4) is 0 Å². The number of nitrogens with one attached hydrogen (secondary N) is 2. The van der Waals surface area contributed by atoms with Crippen molar-refractivity contribution >= 4 is 17.4 Å². The molecule has 2 heterocycles. The van der Waals surface area contributed by atoms with E-state index in [0.717, 1.165) is 12.1 Å². The Balaban J connectivity index is 1.36. The van der Waals surface area contributed by atoms with Gasteiger partial charge in [0, 0.05) is 24.1 Å². The van der Waals surface area contributed by atoms with Crippen molar-refractivity contribution in [1.82, 2.24) is 14.8 Å². The summed E-state index contributed by atoms with van der Waals surface area (Å²) < 4.78 is 34.6. The average molecular weight is 407 g/mol. The fourth-order valence-corrected chi connectivity index (χ4v) is 2.61. The van der Waals surface area contributed by atoms with E-state index in [2.05, 4.69) is 20.8 Å². The molecule has 0 atom stereocenters. The molecule has 0 saturated heterocycles. The van der Waals surface area contributed by atoms with Gasteiger partial charge < -0.3 is 19.9 Å². The van der Waals surface area contributed by atoms with Crippen molar-refractivity contribution in [3.05, 3.63) is 90.8 Å². The van der Waals surface area contributed by atoms with Crippen LogP contribution in [0.15, 0.2) is 79.1 Å². The summed E-state index contributed by atoms with van der Waals surface area (Å²) in [6.45, 7) is 0. The van der Waals surface area contributed by atoms with Gasteiger partial charge in [-0.15, -0.1) is 10.2 Å². The van der Waals surface area contributed by atoms with Gasteiger partial charge in [-0.25, -0.2) is 13.6 Å². The molecule has 4 rings (SSSR count). The monoisotopic (exact) mass is 407 g/mol. The molecule has 2 aromatic heterocycles. The highest BCUT2D eigenvalue weighted by atomic mass is 19.1. The third kappa shape index (κ3) is 4.41. The van der Waals surface area contributed by atoms with Gasteiger partial charge in [-0.05, 0) is 54.6 Å². The summed E-state index contributed by atoms with van der Waals surface area (Å²) in [6, 6.07) is 16.1. The molecule has 7 nitrogen and oxygen atoms in total. The number of para-hydroxylation sites is 1. The van der Waals surface area contributed by atoms with Crippen molar-refractivity contribution in [2.45, 2.75) is 0 Å². The van der Waals surface area contributed by atoms with Crippen LogP contribution in [0, 0.1) is 11.6 Å². The van der Waals surface area contributed by atoms with Crippen molar-refractivity contribution in [2.24, 2.45) is 0 Å². The first-order chi connectivity index (χ1) is 14.6. The van der Waals surface area contributed by atoms with Gasteiger partial charge in [0.25, 0.3) is 0 Å². The second-order valence-corrected chi connectivity index (χ2v) is 6.12. The topological polar surface area (TPSA) is 81.1 Å². The fourth-order valence-electron chi connectivity index (χ4n) is 2.61. The van der Waals surface area contributed by atoms with E-state index in [4.69, 9.17) is 4.74 Å². The molecule has 4 aromatic rings. The van der Waals surface area contributed by atoms with Crippen LogP contribution < -0.4 is 15.4 Å². The molecule has 0 aliphatic rings. The molecule has 0 spiro atoms. The van der Waals surface area contributed by atoms with Crippen molar-refractivity contribution < 1.29 is 18.3 Å². The number of anilines is 2. The molecule has 9 heteroatoms. The summed E-state index contributed by atoms with van der Waals surface area (Å²) in [6.07, 6.45) is 3.71. The summed E-state index contributed by atoms with van der Waals surface area (Å²) >= 11 is 0. The van der Waals surface area contributed by atoms with E-state index >= 15 is 0 Å². The number of hydrogen-bond donors (Lipinski definition) is 2. The van der Waals surface area contributed by atoms with Crippen LogP contribution in [0.4, 0.5) is 25.0 Å². The number of nitrogens with zero attached hydrogens (tertiary/aromatic N) is 3. The molecule has 0 fully saturated rings. The van der Waals surface area contributed by atoms with Crippen LogP contribution in [0.1, 0.15) is 0 Å². The van der Waals surface area contributed by atoms with Gasteiger partial charge in [0.15, 0.2) is 5.82 Å². The van der Waals surface area contributed by atoms with Crippen LogP contribution >= 0.6 is 0 Å². The fraction of sp³-hybridized carbons (Fsp3) is 0. The minimum absolute atomic E-state index is 0.305. The van der Waals surface area contributed by atoms with E-state index < -0.39 is 23.4 Å². The summed E-state index contributed by atoms with van der Waals surface area (Å²) in [4.78, 5) is 12.0. The number of hydrogen-bond acceptors (Lipinski definition) is 4. The maximum absolute atomic E-state index is 13.6. The molecule has 0 saturated carbocycles. The number of urea groups is 1. The van der Waals surface area contributed by atoms with Gasteiger partial charge in [0.05, 0.1) is 0 Å². The normalized spacial score (nSPS) is 10.5. The Labute approximate surface area is 170 Å². The molecule has 0 aliphatic heterocycles. The molecule has 0 bridgehead atoms. The Kier molecular flexibility index (Phi) is 5.33. The quantitative estimate of drug-likeness (QED) is 0.489. The highest BCUT2D eigenvalue weighted by Gasteiger charge is 2.12. The van der Waals surface area contributed by atoms with Crippen LogP contribution in [0.5, 0.6) is 11.6 Å². The lowest BCUT2D eigenvalue weighted by molar-refractivity contribution is 0.262. The van der Waals surface area contributed by atoms with Crippen molar-refractivity contribution in [3.8, 4) is 17.4 Å². The summed E-state index contributed by atoms with van der Waals surface area (Å²) in [5.74, 6) is -0.289. The molecular weight excluding hydrogens is 392 g/mol. The molecule has 30 heavy (non-hydrogen) atoms. The Morgan fingerprint density at radius 3 is 2.17 bits per heavy atom. The first kappa shape index (κ1) is 19.1. The predicted octanol–water partition coefficient (Wildman–Crippen LogP) is 4.98. The highest BCUT2D eigenvalue weighted by Crippen LogP contribution is 2.22. The minimum atomic E-state index is -0.863. The predicted molar refractivity (Wildman–Crippen MR) is 107 cm³/mol. The Bertz CT molecular complexity index is 1130. The molecule has 2 aromatic carbocycles. The largest absolute Gasteiger partial charge is 0.438 e. The maximum Gasteiger partial charge on any atom is 0.323 e. The SMILES string of the molecule is O=C(Nc1ccc(Oc2ccc(-n3cccc3)nn2)cc1)Nc1c(F)cccc1F. The number of aromatic nitrogens is 3. The smallest absolute Gasteiger partial charge is 0.323 e. The van der Waals surface area contributed by atoms with E-state index in [1.54, 1.807) is 36.4 Å². The van der Waals surface area contributed by atoms with E-state index in [0.29, 0.717) is 23.1 Å². The van der Waals surface area contributed by atoms with Gasteiger partial charge in [0.1, 0.15) is 23.1 Å². The number of carbonyl (C=O) groups is 1. The number of carbonyl (C=O) groups excluding carboxylic acids is 1. The van der Waals surface area contributed by atoms with Gasteiger partial charge in [0.2, 0.25) is 5.88 Å². The number of ether oxygens (including phenoxy) is 1. The van der Waals surface area contributed by atoms with Gasteiger partial charge >= 0.3 is 6.03 Å². The molecule has 0 radical (unpaired) electrons. The van der Waals surface area contributed by atoms with Crippen LogP contribution in [-0.2, 0) is 0 Å². The lowest BCUT2D eigenvalue weighted by Crippen LogP contribution is -2.20. The number of halogens is 2. The van der Waals surface area contributed by atoms with Crippen molar-refractivity contribution in [3.63, 3.8) is 0 Å². The van der Waals surface area contributed by atoms with Crippen LogP contribution in [0.25, 0.3) is 5.82 Å². The van der Waals surface area contributed by atoms with E-state index in [1.165, 1.54) is 6.07 Å². The average Bonchev–Trinajstić information content (AvgIpc) is 3.28. The Morgan fingerprint density at radius 2 is 1.53 bits per heavy atom. The van der Waals surface area contributed by atoms with Crippen molar-refractivity contribution in [2.75, 3.05) is 10.6 Å². The second kappa shape index (κ2) is 8.39. The molecule has 2 amide bonds. The first-order valence-electron chi connectivity index (χ1n) is 8.85. The van der Waals surface area contributed by atoms with E-state index in [1.807, 2.05) is 29.1 Å². The van der Waals surface area contributed by atoms with Crippen LogP contribution in [0.2, 0.25) is 0 Å². The molecular formula is C21H15F2N5O2. The second-order valence-electron chi connectivity index (χ2n) is 6.12. The Morgan fingerprint density at radius 1 is 0.833 bits per heavy atom. The standard InChI is InChI=1S/C21H15F2N5O2/c22-16-4-3-5-17(23)20(16)25-21(29)24-14-6-8-15(9-7-14)30-19-11-10-18(26-27-19)28-12-1-2-13-28/h1-13H,(H2,24,25,29). The third-order valence-corrected chi connectivity index (χ3v) is 4.03. The third-order valence-electron chi connectivity index (χ3n) is 4.03.